The number of carbonyl (C=O) groups is 1. The van der Waals surface area contributed by atoms with E-state index in [1.165, 1.54) is 0 Å². The monoisotopic (exact) mass is 359 g/mol. The minimum atomic E-state index is 0.109. The molecule has 6 heteroatoms. The van der Waals surface area contributed by atoms with E-state index in [0.717, 1.165) is 22.3 Å². The molecule has 2 aromatic carbocycles. The number of hydrogen-bond acceptors (Lipinski definition) is 3. The fraction of sp³-hybridized carbons (Fsp3) is 0.190. The van der Waals surface area contributed by atoms with Gasteiger partial charge in [-0.05, 0) is 35.9 Å². The number of para-hydroxylation sites is 2. The molecule has 0 saturated heterocycles. The van der Waals surface area contributed by atoms with Gasteiger partial charge in [-0.1, -0.05) is 24.3 Å². The molecule has 0 aliphatic heterocycles. The van der Waals surface area contributed by atoms with Gasteiger partial charge in [0.2, 0.25) is 5.91 Å². The Hall–Kier alpha value is -3.41. The van der Waals surface area contributed by atoms with Gasteiger partial charge in [-0.15, -0.1) is 0 Å². The Kier molecular flexibility index (Phi) is 4.70. The summed E-state index contributed by atoms with van der Waals surface area (Å²) in [7, 11) is 1.84. The number of aryl methyl sites for hydroxylation is 1. The van der Waals surface area contributed by atoms with E-state index in [2.05, 4.69) is 16.1 Å². The summed E-state index contributed by atoms with van der Waals surface area (Å²) >= 11 is 0. The second-order valence-electron chi connectivity index (χ2n) is 6.55. The Bertz CT molecular complexity index is 1050. The standard InChI is InChI=1S/C21H21N5O/c1-24(15-17-6-4-7-18(14-17)26-12-5-11-23-26)21(27)10-13-25-16-22-19-8-2-3-9-20(19)25/h2-9,11-12,14,16H,10,13,15H2,1H3. The van der Waals surface area contributed by atoms with Gasteiger partial charge in [0.15, 0.2) is 0 Å². The number of nitrogens with zero attached hydrogens (tertiary/aromatic N) is 5. The van der Waals surface area contributed by atoms with Crippen LogP contribution in [0.4, 0.5) is 0 Å². The second-order valence-corrected chi connectivity index (χ2v) is 6.55. The molecule has 0 fully saturated rings. The molecule has 4 rings (SSSR count). The molecule has 136 valence electrons. The lowest BCUT2D eigenvalue weighted by Gasteiger charge is -2.18. The van der Waals surface area contributed by atoms with E-state index in [4.69, 9.17) is 0 Å². The zero-order valence-corrected chi connectivity index (χ0v) is 15.2. The largest absolute Gasteiger partial charge is 0.341 e. The highest BCUT2D eigenvalue weighted by atomic mass is 16.2. The molecular weight excluding hydrogens is 338 g/mol. The molecule has 0 radical (unpaired) electrons. The molecule has 4 aromatic rings. The molecule has 2 heterocycles. The zero-order chi connectivity index (χ0) is 18.6. The van der Waals surface area contributed by atoms with Crippen LogP contribution in [0.5, 0.6) is 0 Å². The number of amides is 1. The van der Waals surface area contributed by atoms with Crippen LogP contribution in [0.25, 0.3) is 16.7 Å². The molecule has 27 heavy (non-hydrogen) atoms. The number of hydrogen-bond donors (Lipinski definition) is 0. The molecular formula is C21H21N5O. The summed E-state index contributed by atoms with van der Waals surface area (Å²) in [5, 5.41) is 4.25. The van der Waals surface area contributed by atoms with Crippen LogP contribution >= 0.6 is 0 Å². The van der Waals surface area contributed by atoms with Crippen LogP contribution in [-0.4, -0.2) is 37.2 Å². The number of carbonyl (C=O) groups excluding carboxylic acids is 1. The van der Waals surface area contributed by atoms with Gasteiger partial charge in [-0.2, -0.15) is 5.10 Å². The van der Waals surface area contributed by atoms with Crippen LogP contribution < -0.4 is 0 Å². The number of imidazole rings is 1. The molecule has 0 spiro atoms. The fourth-order valence-corrected chi connectivity index (χ4v) is 3.18. The van der Waals surface area contributed by atoms with Gasteiger partial charge < -0.3 is 9.47 Å². The van der Waals surface area contributed by atoms with Crippen LogP contribution in [0.1, 0.15) is 12.0 Å². The van der Waals surface area contributed by atoms with E-state index < -0.39 is 0 Å². The van der Waals surface area contributed by atoms with Crippen molar-refractivity contribution in [2.45, 2.75) is 19.5 Å². The van der Waals surface area contributed by atoms with Gasteiger partial charge in [0.25, 0.3) is 0 Å². The van der Waals surface area contributed by atoms with E-state index in [1.54, 1.807) is 17.4 Å². The quantitative estimate of drug-likeness (QED) is 0.531. The van der Waals surface area contributed by atoms with Gasteiger partial charge >= 0.3 is 0 Å². The van der Waals surface area contributed by atoms with Crippen LogP contribution in [0, 0.1) is 0 Å². The van der Waals surface area contributed by atoms with Crippen molar-refractivity contribution in [3.63, 3.8) is 0 Å². The van der Waals surface area contributed by atoms with Crippen molar-refractivity contribution in [3.05, 3.63) is 78.9 Å². The van der Waals surface area contributed by atoms with Crippen LogP contribution in [0.3, 0.4) is 0 Å². The Morgan fingerprint density at radius 2 is 2.00 bits per heavy atom. The van der Waals surface area contributed by atoms with Gasteiger partial charge in [0, 0.05) is 39.0 Å². The van der Waals surface area contributed by atoms with Crippen molar-refractivity contribution in [2.24, 2.45) is 0 Å². The highest BCUT2D eigenvalue weighted by Gasteiger charge is 2.11. The van der Waals surface area contributed by atoms with Crippen molar-refractivity contribution in [1.29, 1.82) is 0 Å². The lowest BCUT2D eigenvalue weighted by atomic mass is 10.2. The summed E-state index contributed by atoms with van der Waals surface area (Å²) in [5.74, 6) is 0.109. The van der Waals surface area contributed by atoms with E-state index >= 15 is 0 Å². The number of rotatable bonds is 6. The second kappa shape index (κ2) is 7.45. The molecule has 0 atom stereocenters. The first-order valence-corrected chi connectivity index (χ1v) is 8.93. The third kappa shape index (κ3) is 3.74. The number of aromatic nitrogens is 4. The summed E-state index contributed by atoms with van der Waals surface area (Å²) in [5.41, 5.74) is 4.07. The molecule has 0 saturated carbocycles. The van der Waals surface area contributed by atoms with Gasteiger partial charge in [0.1, 0.15) is 0 Å². The third-order valence-electron chi connectivity index (χ3n) is 4.62. The molecule has 0 aliphatic carbocycles. The summed E-state index contributed by atoms with van der Waals surface area (Å²) < 4.78 is 3.84. The van der Waals surface area contributed by atoms with Crippen LogP contribution in [0.2, 0.25) is 0 Å². The maximum atomic E-state index is 12.6. The Balaban J connectivity index is 1.39. The van der Waals surface area contributed by atoms with E-state index in [9.17, 15) is 4.79 Å². The average molecular weight is 359 g/mol. The fourth-order valence-electron chi connectivity index (χ4n) is 3.18. The summed E-state index contributed by atoms with van der Waals surface area (Å²) in [6.45, 7) is 1.19. The van der Waals surface area contributed by atoms with Crippen molar-refractivity contribution < 1.29 is 4.79 Å². The van der Waals surface area contributed by atoms with Crippen molar-refractivity contribution >= 4 is 16.9 Å². The van der Waals surface area contributed by atoms with Crippen molar-refractivity contribution in [1.82, 2.24) is 24.2 Å². The normalized spacial score (nSPS) is 11.0. The van der Waals surface area contributed by atoms with E-state index in [0.29, 0.717) is 19.5 Å². The maximum absolute atomic E-state index is 12.6. The molecule has 0 bridgehead atoms. The molecule has 0 N–H and O–H groups in total. The van der Waals surface area contributed by atoms with Crippen molar-refractivity contribution in [2.75, 3.05) is 7.05 Å². The first-order valence-electron chi connectivity index (χ1n) is 8.93. The topological polar surface area (TPSA) is 56.0 Å². The first-order chi connectivity index (χ1) is 13.2. The smallest absolute Gasteiger partial charge is 0.224 e. The molecule has 6 nitrogen and oxygen atoms in total. The lowest BCUT2D eigenvalue weighted by molar-refractivity contribution is -0.130. The highest BCUT2D eigenvalue weighted by molar-refractivity contribution is 5.77. The highest BCUT2D eigenvalue weighted by Crippen LogP contribution is 2.14. The zero-order valence-electron chi connectivity index (χ0n) is 15.2. The first kappa shape index (κ1) is 17.0. The van der Waals surface area contributed by atoms with Crippen molar-refractivity contribution in [3.8, 4) is 5.69 Å². The average Bonchev–Trinajstić information content (AvgIpc) is 3.36. The Morgan fingerprint density at radius 1 is 1.11 bits per heavy atom. The minimum absolute atomic E-state index is 0.109. The van der Waals surface area contributed by atoms with E-state index in [-0.39, 0.29) is 5.91 Å². The third-order valence-corrected chi connectivity index (χ3v) is 4.62. The molecule has 0 unspecified atom stereocenters. The minimum Gasteiger partial charge on any atom is -0.341 e. The predicted molar refractivity (Wildman–Crippen MR) is 104 cm³/mol. The summed E-state index contributed by atoms with van der Waals surface area (Å²) in [4.78, 5) is 18.7. The van der Waals surface area contributed by atoms with Gasteiger partial charge in [-0.3, -0.25) is 4.79 Å². The lowest BCUT2D eigenvalue weighted by Crippen LogP contribution is -2.27. The van der Waals surface area contributed by atoms with Gasteiger partial charge in [-0.25, -0.2) is 9.67 Å². The summed E-state index contributed by atoms with van der Waals surface area (Å²) in [6, 6.07) is 17.9. The summed E-state index contributed by atoms with van der Waals surface area (Å²) in [6.07, 6.45) is 5.90. The van der Waals surface area contributed by atoms with Crippen LogP contribution in [0.15, 0.2) is 73.3 Å². The van der Waals surface area contributed by atoms with E-state index in [1.807, 2.05) is 71.0 Å². The van der Waals surface area contributed by atoms with Gasteiger partial charge in [0.05, 0.1) is 23.0 Å². The Morgan fingerprint density at radius 3 is 2.85 bits per heavy atom. The predicted octanol–water partition coefficient (Wildman–Crippen LogP) is 3.27. The number of benzene rings is 2. The van der Waals surface area contributed by atoms with Crippen LogP contribution in [-0.2, 0) is 17.9 Å². The SMILES string of the molecule is CN(Cc1cccc(-n2cccn2)c1)C(=O)CCn1cnc2ccccc21. The molecule has 0 aliphatic rings. The Labute approximate surface area is 157 Å². The maximum Gasteiger partial charge on any atom is 0.224 e. The molecule has 1 amide bonds. The molecule has 2 aromatic heterocycles. The number of fused-ring (bicyclic) bond motifs is 1.